The molecule has 7 heteroatoms. The molecule has 2 nitrogen and oxygen atoms in total. The predicted octanol–water partition coefficient (Wildman–Crippen LogP) is 2.12. The topological polar surface area (TPSA) is 26.3 Å². The Labute approximate surface area is 96.3 Å². The van der Waals surface area contributed by atoms with Gasteiger partial charge in [-0.1, -0.05) is 11.6 Å². The molecule has 0 spiro atoms. The van der Waals surface area contributed by atoms with Crippen LogP contribution >= 0.6 is 12.6 Å². The Morgan fingerprint density at radius 3 is 2.38 bits per heavy atom. The lowest BCUT2D eigenvalue weighted by atomic mass is 9.76. The number of methoxy groups -OCH3 is 1. The summed E-state index contributed by atoms with van der Waals surface area (Å²) < 4.78 is 42.3. The van der Waals surface area contributed by atoms with Crippen LogP contribution in [0.15, 0.2) is 17.0 Å². The lowest BCUT2D eigenvalue weighted by Gasteiger charge is -2.20. The van der Waals surface area contributed by atoms with Crippen LogP contribution in [-0.4, -0.2) is 20.1 Å². The van der Waals surface area contributed by atoms with E-state index in [2.05, 4.69) is 17.4 Å². The van der Waals surface area contributed by atoms with E-state index in [1.165, 1.54) is 13.0 Å². The number of benzene rings is 1. The van der Waals surface area contributed by atoms with Crippen LogP contribution in [0.25, 0.3) is 0 Å². The maximum Gasteiger partial charge on any atom is 0.509 e. The number of esters is 1. The number of hydrogen-bond donors (Lipinski definition) is 1. The highest BCUT2D eigenvalue weighted by Gasteiger charge is 2.29. The number of carbonyl (C=O) groups excluding carboxylic acids is 1. The maximum absolute atomic E-state index is 12.7. The molecule has 0 radical (unpaired) electrons. The Bertz CT molecular complexity index is 431. The zero-order valence-electron chi connectivity index (χ0n) is 8.63. The molecule has 0 bridgehead atoms. The number of hydrogen-bond acceptors (Lipinski definition) is 3. The van der Waals surface area contributed by atoms with Crippen LogP contribution in [0.4, 0.5) is 12.9 Å². The Balaban J connectivity index is 3.39. The third kappa shape index (κ3) is 2.52. The molecule has 1 aromatic rings. The number of halogens is 3. The Hall–Kier alpha value is -1.11. The minimum atomic E-state index is -5.16. The van der Waals surface area contributed by atoms with Crippen molar-refractivity contribution in [3.63, 3.8) is 0 Å². The molecule has 0 aliphatic rings. The van der Waals surface area contributed by atoms with Crippen LogP contribution in [0.3, 0.4) is 0 Å². The van der Waals surface area contributed by atoms with Gasteiger partial charge in [0.15, 0.2) is 0 Å². The normalized spacial score (nSPS) is 11.4. The summed E-state index contributed by atoms with van der Waals surface area (Å²) >= 11 is 3.90. The second kappa shape index (κ2) is 4.41. The first-order valence-electron chi connectivity index (χ1n) is 4.39. The SMILES string of the molecule is COC(=O)c1cc(S)c(C)c([B-](F)(F)F)c1. The van der Waals surface area contributed by atoms with Crippen LogP contribution in [0.1, 0.15) is 15.9 Å². The van der Waals surface area contributed by atoms with E-state index in [1.54, 1.807) is 0 Å². The van der Waals surface area contributed by atoms with Crippen molar-refractivity contribution in [1.29, 1.82) is 0 Å². The monoisotopic (exact) mass is 249 g/mol. The van der Waals surface area contributed by atoms with Crippen molar-refractivity contribution in [2.24, 2.45) is 0 Å². The van der Waals surface area contributed by atoms with Crippen LogP contribution in [0.5, 0.6) is 0 Å². The summed E-state index contributed by atoms with van der Waals surface area (Å²) in [5.74, 6) is -0.809. The summed E-state index contributed by atoms with van der Waals surface area (Å²) in [6.45, 7) is -3.85. The highest BCUT2D eigenvalue weighted by Crippen LogP contribution is 2.20. The summed E-state index contributed by atoms with van der Waals surface area (Å²) in [4.78, 5) is 11.3. The van der Waals surface area contributed by atoms with E-state index in [4.69, 9.17) is 0 Å². The van der Waals surface area contributed by atoms with Gasteiger partial charge in [0.2, 0.25) is 0 Å². The van der Waals surface area contributed by atoms with E-state index >= 15 is 0 Å². The van der Waals surface area contributed by atoms with Crippen LogP contribution < -0.4 is 5.46 Å². The van der Waals surface area contributed by atoms with Crippen molar-refractivity contribution >= 4 is 31.0 Å². The van der Waals surface area contributed by atoms with Crippen molar-refractivity contribution in [1.82, 2.24) is 0 Å². The molecule has 0 amide bonds. The van der Waals surface area contributed by atoms with Crippen molar-refractivity contribution in [2.75, 3.05) is 7.11 Å². The molecule has 0 aliphatic carbocycles. The Morgan fingerprint density at radius 1 is 1.38 bits per heavy atom. The first-order chi connectivity index (χ1) is 7.27. The lowest BCUT2D eigenvalue weighted by Crippen LogP contribution is -2.37. The standard InChI is InChI=1S/C9H9BF3O2S/c1-5-7(10(11,12)13)3-6(4-8(5)16)9(14)15-2/h3-4,16H,1-2H3/q-1. The second-order valence-electron chi connectivity index (χ2n) is 3.28. The van der Waals surface area contributed by atoms with E-state index < -0.39 is 18.4 Å². The summed E-state index contributed by atoms with van der Waals surface area (Å²) in [5, 5.41) is 0. The van der Waals surface area contributed by atoms with Crippen molar-refractivity contribution < 1.29 is 22.5 Å². The maximum atomic E-state index is 12.7. The molecular weight excluding hydrogens is 240 g/mol. The summed E-state index contributed by atoms with van der Waals surface area (Å²) in [5.41, 5.74) is -0.941. The third-order valence-corrected chi connectivity index (χ3v) is 2.66. The minimum Gasteiger partial charge on any atom is -0.465 e. The molecule has 0 saturated heterocycles. The first-order valence-corrected chi connectivity index (χ1v) is 4.84. The van der Waals surface area contributed by atoms with Crippen LogP contribution in [-0.2, 0) is 4.74 Å². The molecule has 0 fully saturated rings. The first kappa shape index (κ1) is 13.0. The van der Waals surface area contributed by atoms with Gasteiger partial charge in [0.05, 0.1) is 12.7 Å². The molecule has 1 aromatic carbocycles. The summed E-state index contributed by atoms with van der Waals surface area (Å²) in [6.07, 6.45) is 0. The molecule has 16 heavy (non-hydrogen) atoms. The lowest BCUT2D eigenvalue weighted by molar-refractivity contribution is 0.0600. The fourth-order valence-electron chi connectivity index (χ4n) is 1.30. The fraction of sp³-hybridized carbons (Fsp3) is 0.222. The molecule has 0 heterocycles. The quantitative estimate of drug-likeness (QED) is 0.493. The van der Waals surface area contributed by atoms with Gasteiger partial charge < -0.3 is 17.7 Å². The zero-order chi connectivity index (χ0) is 12.5. The molecular formula is C9H9BF3O2S-. The van der Waals surface area contributed by atoms with Crippen molar-refractivity contribution in [2.45, 2.75) is 11.8 Å². The van der Waals surface area contributed by atoms with Gasteiger partial charge in [0.1, 0.15) is 0 Å². The molecule has 0 aromatic heterocycles. The fourth-order valence-corrected chi connectivity index (χ4v) is 1.56. The molecule has 1 rings (SSSR count). The molecule has 0 atom stereocenters. The van der Waals surface area contributed by atoms with Gasteiger partial charge >= 0.3 is 12.9 Å². The molecule has 88 valence electrons. The van der Waals surface area contributed by atoms with Gasteiger partial charge in [0, 0.05) is 4.90 Å². The van der Waals surface area contributed by atoms with Crippen LogP contribution in [0.2, 0.25) is 0 Å². The average Bonchev–Trinajstić information content (AvgIpc) is 2.18. The smallest absolute Gasteiger partial charge is 0.465 e. The van der Waals surface area contributed by atoms with E-state index in [-0.39, 0.29) is 16.0 Å². The molecule has 0 saturated carbocycles. The van der Waals surface area contributed by atoms with Gasteiger partial charge in [-0.15, -0.1) is 18.1 Å². The van der Waals surface area contributed by atoms with Gasteiger partial charge in [-0.25, -0.2) is 4.79 Å². The molecule has 0 unspecified atom stereocenters. The largest absolute Gasteiger partial charge is 0.509 e. The zero-order valence-corrected chi connectivity index (χ0v) is 9.52. The van der Waals surface area contributed by atoms with Crippen LogP contribution in [0, 0.1) is 6.92 Å². The van der Waals surface area contributed by atoms with Gasteiger partial charge in [-0.3, -0.25) is 0 Å². The van der Waals surface area contributed by atoms with Gasteiger partial charge in [-0.2, -0.15) is 0 Å². The van der Waals surface area contributed by atoms with E-state index in [9.17, 15) is 17.7 Å². The minimum absolute atomic E-state index is 0.0171. The van der Waals surface area contributed by atoms with E-state index in [0.717, 1.165) is 13.2 Å². The van der Waals surface area contributed by atoms with Gasteiger partial charge in [0.25, 0.3) is 0 Å². The number of thiol groups is 1. The second-order valence-corrected chi connectivity index (χ2v) is 3.76. The Kier molecular flexibility index (Phi) is 3.57. The van der Waals surface area contributed by atoms with E-state index in [0.29, 0.717) is 0 Å². The summed E-state index contributed by atoms with van der Waals surface area (Å²) in [7, 11) is 1.11. The molecule has 0 N–H and O–H groups in total. The average molecular weight is 249 g/mol. The third-order valence-electron chi connectivity index (χ3n) is 2.19. The Morgan fingerprint density at radius 2 is 1.94 bits per heavy atom. The van der Waals surface area contributed by atoms with Crippen molar-refractivity contribution in [3.8, 4) is 0 Å². The number of carbonyl (C=O) groups is 1. The number of rotatable bonds is 2. The highest BCUT2D eigenvalue weighted by molar-refractivity contribution is 7.80. The highest BCUT2D eigenvalue weighted by atomic mass is 32.1. The van der Waals surface area contributed by atoms with Gasteiger partial charge in [-0.05, 0) is 13.0 Å². The van der Waals surface area contributed by atoms with Crippen molar-refractivity contribution in [3.05, 3.63) is 23.3 Å². The molecule has 0 aliphatic heterocycles. The predicted molar refractivity (Wildman–Crippen MR) is 58.5 cm³/mol. The summed E-state index contributed by atoms with van der Waals surface area (Å²) in [6, 6.07) is 2.05. The van der Waals surface area contributed by atoms with E-state index in [1.807, 2.05) is 0 Å². The number of ether oxygens (including phenoxy) is 1.